The number of alkyl halides is 3. The summed E-state index contributed by atoms with van der Waals surface area (Å²) in [6, 6.07) is 4.90. The first-order valence-corrected chi connectivity index (χ1v) is 5.29. The fraction of sp³-hybridized carbons (Fsp3) is 0.308. The zero-order valence-corrected chi connectivity index (χ0v) is 9.84. The molecule has 1 aromatic carbocycles. The van der Waals surface area contributed by atoms with Gasteiger partial charge in [-0.25, -0.2) is 0 Å². The van der Waals surface area contributed by atoms with E-state index < -0.39 is 11.7 Å². The number of nitriles is 1. The molecule has 1 aromatic rings. The van der Waals surface area contributed by atoms with E-state index in [0.29, 0.717) is 12.0 Å². The first kappa shape index (κ1) is 14.1. The number of hydrogen-bond donors (Lipinski definition) is 0. The van der Waals surface area contributed by atoms with Crippen LogP contribution in [0.3, 0.4) is 0 Å². The Hall–Kier alpha value is -1.96. The second-order valence-corrected chi connectivity index (χ2v) is 3.71. The van der Waals surface area contributed by atoms with Gasteiger partial charge in [-0.05, 0) is 30.2 Å². The molecule has 0 aromatic heterocycles. The van der Waals surface area contributed by atoms with Crippen LogP contribution in [0.25, 0.3) is 0 Å². The van der Waals surface area contributed by atoms with Crippen LogP contribution in [0, 0.1) is 11.3 Å². The number of hydrogen-bond acceptors (Lipinski definition) is 2. The van der Waals surface area contributed by atoms with Crippen molar-refractivity contribution >= 4 is 0 Å². The van der Waals surface area contributed by atoms with Gasteiger partial charge in [0.05, 0.1) is 17.2 Å². The summed E-state index contributed by atoms with van der Waals surface area (Å²) in [5.74, 6) is -0.281. The van der Waals surface area contributed by atoms with Crippen LogP contribution >= 0.6 is 0 Å². The molecule has 18 heavy (non-hydrogen) atoms. The van der Waals surface area contributed by atoms with Gasteiger partial charge in [0, 0.05) is 0 Å². The molecule has 0 aliphatic heterocycles. The van der Waals surface area contributed by atoms with Crippen LogP contribution in [-0.4, -0.2) is 6.61 Å². The Morgan fingerprint density at radius 1 is 1.44 bits per heavy atom. The minimum Gasteiger partial charge on any atom is -0.489 e. The highest BCUT2D eigenvalue weighted by molar-refractivity contribution is 5.43. The zero-order valence-electron chi connectivity index (χ0n) is 9.84. The van der Waals surface area contributed by atoms with Crippen molar-refractivity contribution in [2.45, 2.75) is 19.5 Å². The molecule has 2 nitrogen and oxygen atoms in total. The number of rotatable bonds is 4. The van der Waals surface area contributed by atoms with Crippen molar-refractivity contribution in [1.82, 2.24) is 0 Å². The number of benzene rings is 1. The Kier molecular flexibility index (Phi) is 4.38. The van der Waals surface area contributed by atoms with Crippen molar-refractivity contribution in [2.75, 3.05) is 6.61 Å². The SMILES string of the molecule is C=C(CC)COc1ccc(C#N)cc1C(F)(F)F. The third-order valence-corrected chi connectivity index (χ3v) is 2.35. The lowest BCUT2D eigenvalue weighted by Gasteiger charge is -2.14. The zero-order chi connectivity index (χ0) is 13.8. The Balaban J connectivity index is 3.04. The van der Waals surface area contributed by atoms with Gasteiger partial charge in [-0.1, -0.05) is 13.5 Å². The van der Waals surface area contributed by atoms with E-state index in [1.54, 1.807) is 6.07 Å². The molecule has 0 saturated carbocycles. The van der Waals surface area contributed by atoms with Gasteiger partial charge in [0.1, 0.15) is 12.4 Å². The quantitative estimate of drug-likeness (QED) is 0.764. The lowest BCUT2D eigenvalue weighted by Crippen LogP contribution is -2.10. The molecule has 0 N–H and O–H groups in total. The van der Waals surface area contributed by atoms with Gasteiger partial charge in [0.25, 0.3) is 0 Å². The molecular weight excluding hydrogens is 243 g/mol. The Morgan fingerprint density at radius 3 is 2.61 bits per heavy atom. The summed E-state index contributed by atoms with van der Waals surface area (Å²) in [5.41, 5.74) is -0.290. The molecule has 0 heterocycles. The second-order valence-electron chi connectivity index (χ2n) is 3.71. The molecular formula is C13H12F3NO. The minimum absolute atomic E-state index is 0.0332. The van der Waals surface area contributed by atoms with E-state index in [1.165, 1.54) is 6.07 Å². The number of ether oxygens (including phenoxy) is 1. The standard InChI is InChI=1S/C13H12F3NO/c1-3-9(2)8-18-12-5-4-10(7-17)6-11(12)13(14,15)16/h4-6H,2-3,8H2,1H3. The molecule has 0 saturated heterocycles. The molecule has 0 spiro atoms. The summed E-state index contributed by atoms with van der Waals surface area (Å²) < 4.78 is 43.4. The van der Waals surface area contributed by atoms with Gasteiger partial charge in [0.15, 0.2) is 0 Å². The first-order valence-electron chi connectivity index (χ1n) is 5.29. The monoisotopic (exact) mass is 255 g/mol. The predicted molar refractivity (Wildman–Crippen MR) is 61.1 cm³/mol. The van der Waals surface area contributed by atoms with Gasteiger partial charge < -0.3 is 4.74 Å². The van der Waals surface area contributed by atoms with Crippen LogP contribution in [0.1, 0.15) is 24.5 Å². The van der Waals surface area contributed by atoms with Crippen LogP contribution < -0.4 is 4.74 Å². The summed E-state index contributed by atoms with van der Waals surface area (Å²) >= 11 is 0. The maximum atomic E-state index is 12.8. The molecule has 0 aliphatic carbocycles. The fourth-order valence-corrected chi connectivity index (χ4v) is 1.23. The van der Waals surface area contributed by atoms with Crippen LogP contribution in [0.15, 0.2) is 30.4 Å². The van der Waals surface area contributed by atoms with Crippen molar-refractivity contribution in [1.29, 1.82) is 5.26 Å². The third kappa shape index (κ3) is 3.52. The average molecular weight is 255 g/mol. The van der Waals surface area contributed by atoms with Crippen molar-refractivity contribution < 1.29 is 17.9 Å². The second kappa shape index (κ2) is 5.58. The minimum atomic E-state index is -4.55. The van der Waals surface area contributed by atoms with Gasteiger partial charge >= 0.3 is 6.18 Å². The largest absolute Gasteiger partial charge is 0.489 e. The maximum Gasteiger partial charge on any atom is 0.420 e. The first-order chi connectivity index (χ1) is 8.38. The van der Waals surface area contributed by atoms with Crippen molar-refractivity contribution in [2.24, 2.45) is 0 Å². The van der Waals surface area contributed by atoms with E-state index in [4.69, 9.17) is 10.00 Å². The molecule has 0 fully saturated rings. The summed E-state index contributed by atoms with van der Waals surface area (Å²) in [6.45, 7) is 5.53. The van der Waals surface area contributed by atoms with Crippen molar-refractivity contribution in [3.05, 3.63) is 41.5 Å². The van der Waals surface area contributed by atoms with Gasteiger partial charge in [-0.15, -0.1) is 0 Å². The number of nitrogens with zero attached hydrogens (tertiary/aromatic N) is 1. The predicted octanol–water partition coefficient (Wildman–Crippen LogP) is 3.92. The molecule has 0 bridgehead atoms. The molecule has 0 atom stereocenters. The Labute approximate surface area is 103 Å². The average Bonchev–Trinajstić information content (AvgIpc) is 2.34. The van der Waals surface area contributed by atoms with Crippen LogP contribution in [-0.2, 0) is 6.18 Å². The highest BCUT2D eigenvalue weighted by atomic mass is 19.4. The summed E-state index contributed by atoms with van der Waals surface area (Å²) in [6.07, 6.45) is -3.91. The fourth-order valence-electron chi connectivity index (χ4n) is 1.23. The Morgan fingerprint density at radius 2 is 2.11 bits per heavy atom. The lowest BCUT2D eigenvalue weighted by molar-refractivity contribution is -0.138. The molecule has 0 unspecified atom stereocenters. The van der Waals surface area contributed by atoms with E-state index in [-0.39, 0.29) is 17.9 Å². The van der Waals surface area contributed by atoms with Crippen molar-refractivity contribution in [3.8, 4) is 11.8 Å². The van der Waals surface area contributed by atoms with E-state index in [2.05, 4.69) is 6.58 Å². The van der Waals surface area contributed by atoms with Gasteiger partial charge in [-0.3, -0.25) is 0 Å². The van der Waals surface area contributed by atoms with Crippen LogP contribution in [0.4, 0.5) is 13.2 Å². The summed E-state index contributed by atoms with van der Waals surface area (Å²) in [7, 11) is 0. The maximum absolute atomic E-state index is 12.8. The normalized spacial score (nSPS) is 10.8. The van der Waals surface area contributed by atoms with Crippen molar-refractivity contribution in [3.63, 3.8) is 0 Å². The molecule has 96 valence electrons. The highest BCUT2D eigenvalue weighted by Crippen LogP contribution is 2.36. The van der Waals surface area contributed by atoms with Gasteiger partial charge in [0.2, 0.25) is 0 Å². The molecule has 0 radical (unpaired) electrons. The van der Waals surface area contributed by atoms with Gasteiger partial charge in [-0.2, -0.15) is 18.4 Å². The molecule has 1 rings (SSSR count). The molecule has 0 amide bonds. The van der Waals surface area contributed by atoms with Crippen LogP contribution in [0.5, 0.6) is 5.75 Å². The lowest BCUT2D eigenvalue weighted by atomic mass is 10.1. The van der Waals surface area contributed by atoms with E-state index >= 15 is 0 Å². The topological polar surface area (TPSA) is 33.0 Å². The smallest absolute Gasteiger partial charge is 0.420 e. The van der Waals surface area contributed by atoms with E-state index in [9.17, 15) is 13.2 Å². The molecule has 0 aliphatic rings. The number of halogens is 3. The Bertz CT molecular complexity index is 486. The molecule has 5 heteroatoms. The third-order valence-electron chi connectivity index (χ3n) is 2.35. The van der Waals surface area contributed by atoms with E-state index in [0.717, 1.165) is 12.1 Å². The summed E-state index contributed by atoms with van der Waals surface area (Å²) in [4.78, 5) is 0. The van der Waals surface area contributed by atoms with Crippen LogP contribution in [0.2, 0.25) is 0 Å². The van der Waals surface area contributed by atoms with E-state index in [1.807, 2.05) is 6.92 Å². The highest BCUT2D eigenvalue weighted by Gasteiger charge is 2.34. The summed E-state index contributed by atoms with van der Waals surface area (Å²) in [5, 5.41) is 8.60.